The number of piperidine rings is 1. The molecule has 0 bridgehead atoms. The number of nitrogens with zero attached hydrogens (tertiary/aromatic N) is 2. The molecule has 1 aromatic heterocycles. The fourth-order valence-electron chi connectivity index (χ4n) is 4.23. The predicted molar refractivity (Wildman–Crippen MR) is 132 cm³/mol. The Balaban J connectivity index is 1.32. The minimum absolute atomic E-state index is 0.0603. The molecular formula is C25H31ClN4O3. The molecule has 0 saturated carbocycles. The van der Waals surface area contributed by atoms with Crippen LogP contribution in [0.3, 0.4) is 0 Å². The summed E-state index contributed by atoms with van der Waals surface area (Å²) < 4.78 is 11.3. The van der Waals surface area contributed by atoms with E-state index in [4.69, 9.17) is 21.1 Å². The zero-order valence-electron chi connectivity index (χ0n) is 19.2. The van der Waals surface area contributed by atoms with Crippen molar-refractivity contribution >= 4 is 34.5 Å². The van der Waals surface area contributed by atoms with Gasteiger partial charge in [0.1, 0.15) is 0 Å². The number of carbonyl (C=O) groups excluding carboxylic acids is 1. The molecule has 3 aromatic rings. The Hall–Kier alpha value is -2.93. The molecule has 1 amide bonds. The normalized spacial score (nSPS) is 16.1. The number of imidazole rings is 1. The first-order valence-electron chi connectivity index (χ1n) is 11.6. The summed E-state index contributed by atoms with van der Waals surface area (Å²) in [5.74, 6) is 2.33. The molecule has 7 nitrogen and oxygen atoms in total. The summed E-state index contributed by atoms with van der Waals surface area (Å²) in [7, 11) is 0. The van der Waals surface area contributed by atoms with Gasteiger partial charge in [0.05, 0.1) is 30.2 Å². The van der Waals surface area contributed by atoms with Crippen LogP contribution in [0.5, 0.6) is 11.5 Å². The van der Waals surface area contributed by atoms with Gasteiger partial charge in [0.15, 0.2) is 11.5 Å². The van der Waals surface area contributed by atoms with Crippen LogP contribution in [0.15, 0.2) is 36.4 Å². The smallest absolute Gasteiger partial charge is 0.224 e. The molecular weight excluding hydrogens is 440 g/mol. The number of ether oxygens (including phenoxy) is 2. The van der Waals surface area contributed by atoms with E-state index in [-0.39, 0.29) is 11.8 Å². The van der Waals surface area contributed by atoms with Gasteiger partial charge in [-0.1, -0.05) is 17.7 Å². The van der Waals surface area contributed by atoms with E-state index in [0.29, 0.717) is 31.3 Å². The molecule has 2 heterocycles. The zero-order valence-corrected chi connectivity index (χ0v) is 20.0. The second-order valence-corrected chi connectivity index (χ2v) is 8.63. The SMILES string of the molecule is CCOc1ccc(CCNC(=O)[C@H]2CCCN(c3nc4ccc(Cl)cc4[nH]3)C2)cc1OCC. The van der Waals surface area contributed by atoms with Gasteiger partial charge >= 0.3 is 0 Å². The number of halogens is 1. The second kappa shape index (κ2) is 10.8. The molecule has 1 aliphatic heterocycles. The Labute approximate surface area is 199 Å². The quantitative estimate of drug-likeness (QED) is 0.478. The Bertz CT molecular complexity index is 1100. The van der Waals surface area contributed by atoms with Crippen LogP contribution < -0.4 is 19.7 Å². The standard InChI is InChI=1S/C25H31ClN4O3/c1-3-32-22-10-7-17(14-23(22)33-4-2)11-12-27-24(31)18-6-5-13-30(16-18)25-28-20-9-8-19(26)15-21(20)29-25/h7-10,14-15,18H,3-6,11-13,16H2,1-2H3,(H,27,31)(H,28,29)/t18-/m0/s1. The summed E-state index contributed by atoms with van der Waals surface area (Å²) in [6, 6.07) is 11.6. The summed E-state index contributed by atoms with van der Waals surface area (Å²) in [6.45, 7) is 7.19. The molecule has 33 heavy (non-hydrogen) atoms. The van der Waals surface area contributed by atoms with Gasteiger partial charge in [0.2, 0.25) is 11.9 Å². The van der Waals surface area contributed by atoms with Crippen LogP contribution in [-0.4, -0.2) is 48.7 Å². The second-order valence-electron chi connectivity index (χ2n) is 8.20. The third-order valence-electron chi connectivity index (χ3n) is 5.84. The highest BCUT2D eigenvalue weighted by Crippen LogP contribution is 2.29. The molecule has 0 unspecified atom stereocenters. The molecule has 1 saturated heterocycles. The number of nitrogens with one attached hydrogen (secondary N) is 2. The van der Waals surface area contributed by atoms with E-state index < -0.39 is 0 Å². The van der Waals surface area contributed by atoms with Crippen LogP contribution in [0.25, 0.3) is 11.0 Å². The number of hydrogen-bond donors (Lipinski definition) is 2. The maximum Gasteiger partial charge on any atom is 0.224 e. The van der Waals surface area contributed by atoms with E-state index >= 15 is 0 Å². The Morgan fingerprint density at radius 1 is 1.18 bits per heavy atom. The third-order valence-corrected chi connectivity index (χ3v) is 6.08. The first-order chi connectivity index (χ1) is 16.1. The maximum absolute atomic E-state index is 12.9. The van der Waals surface area contributed by atoms with Gasteiger partial charge < -0.3 is 24.7 Å². The summed E-state index contributed by atoms with van der Waals surface area (Å²) in [5.41, 5.74) is 2.89. The van der Waals surface area contributed by atoms with Crippen molar-refractivity contribution in [3.05, 3.63) is 47.0 Å². The highest BCUT2D eigenvalue weighted by atomic mass is 35.5. The van der Waals surface area contributed by atoms with E-state index in [9.17, 15) is 4.79 Å². The minimum Gasteiger partial charge on any atom is -0.490 e. The first kappa shape index (κ1) is 23.2. The van der Waals surface area contributed by atoms with Crippen molar-refractivity contribution in [1.29, 1.82) is 0 Å². The van der Waals surface area contributed by atoms with Crippen LogP contribution in [0.4, 0.5) is 5.95 Å². The van der Waals surface area contributed by atoms with Crippen LogP contribution in [-0.2, 0) is 11.2 Å². The molecule has 176 valence electrons. The van der Waals surface area contributed by atoms with Gasteiger partial charge in [0, 0.05) is 24.7 Å². The van der Waals surface area contributed by atoms with Crippen LogP contribution in [0.2, 0.25) is 5.02 Å². The molecule has 2 N–H and O–H groups in total. The van der Waals surface area contributed by atoms with Crippen molar-refractivity contribution < 1.29 is 14.3 Å². The first-order valence-corrected chi connectivity index (χ1v) is 12.0. The Kier molecular flexibility index (Phi) is 7.60. The molecule has 1 aliphatic rings. The van der Waals surface area contributed by atoms with Gasteiger partial charge in [-0.2, -0.15) is 0 Å². The lowest BCUT2D eigenvalue weighted by atomic mass is 9.97. The zero-order chi connectivity index (χ0) is 23.2. The van der Waals surface area contributed by atoms with E-state index in [1.807, 2.05) is 50.2 Å². The van der Waals surface area contributed by atoms with Crippen molar-refractivity contribution in [2.75, 3.05) is 37.7 Å². The van der Waals surface area contributed by atoms with E-state index in [0.717, 1.165) is 59.9 Å². The number of rotatable bonds is 9. The third kappa shape index (κ3) is 5.71. The highest BCUT2D eigenvalue weighted by Gasteiger charge is 2.27. The van der Waals surface area contributed by atoms with Crippen molar-refractivity contribution in [3.63, 3.8) is 0 Å². The van der Waals surface area contributed by atoms with Crippen molar-refractivity contribution in [3.8, 4) is 11.5 Å². The van der Waals surface area contributed by atoms with Gasteiger partial charge in [-0.25, -0.2) is 4.98 Å². The lowest BCUT2D eigenvalue weighted by Crippen LogP contribution is -2.43. The summed E-state index contributed by atoms with van der Waals surface area (Å²) >= 11 is 6.09. The topological polar surface area (TPSA) is 79.5 Å². The minimum atomic E-state index is -0.0603. The van der Waals surface area contributed by atoms with E-state index in [1.165, 1.54) is 0 Å². The number of amides is 1. The van der Waals surface area contributed by atoms with E-state index in [1.54, 1.807) is 0 Å². The van der Waals surface area contributed by atoms with Gasteiger partial charge in [-0.15, -0.1) is 0 Å². The van der Waals surface area contributed by atoms with Gasteiger partial charge in [-0.05, 0) is 69.0 Å². The lowest BCUT2D eigenvalue weighted by Gasteiger charge is -2.31. The summed E-state index contributed by atoms with van der Waals surface area (Å²) in [5, 5.41) is 3.79. The number of benzene rings is 2. The van der Waals surface area contributed by atoms with Crippen molar-refractivity contribution in [2.45, 2.75) is 33.1 Å². The van der Waals surface area contributed by atoms with E-state index in [2.05, 4.69) is 20.2 Å². The number of H-pyrrole nitrogens is 1. The lowest BCUT2D eigenvalue weighted by molar-refractivity contribution is -0.125. The van der Waals surface area contributed by atoms with Crippen LogP contribution in [0.1, 0.15) is 32.3 Å². The summed E-state index contributed by atoms with van der Waals surface area (Å²) in [4.78, 5) is 23.0. The maximum atomic E-state index is 12.9. The Morgan fingerprint density at radius 2 is 2.00 bits per heavy atom. The molecule has 4 rings (SSSR count). The van der Waals surface area contributed by atoms with Gasteiger partial charge in [-0.3, -0.25) is 4.79 Å². The number of aromatic nitrogens is 2. The number of carbonyl (C=O) groups is 1. The molecule has 1 atom stereocenters. The predicted octanol–water partition coefficient (Wildman–Crippen LogP) is 4.59. The van der Waals surface area contributed by atoms with Crippen molar-refractivity contribution in [1.82, 2.24) is 15.3 Å². The number of fused-ring (bicyclic) bond motifs is 1. The Morgan fingerprint density at radius 3 is 2.82 bits per heavy atom. The molecule has 0 aliphatic carbocycles. The molecule has 1 fully saturated rings. The molecule has 0 spiro atoms. The molecule has 0 radical (unpaired) electrons. The summed E-state index contributed by atoms with van der Waals surface area (Å²) in [6.07, 6.45) is 2.57. The number of aromatic amines is 1. The largest absolute Gasteiger partial charge is 0.490 e. The molecule has 8 heteroatoms. The average molecular weight is 471 g/mol. The average Bonchev–Trinajstić information content (AvgIpc) is 3.24. The van der Waals surface area contributed by atoms with Crippen LogP contribution in [0, 0.1) is 5.92 Å². The fraction of sp³-hybridized carbons (Fsp3) is 0.440. The van der Waals surface area contributed by atoms with Gasteiger partial charge in [0.25, 0.3) is 0 Å². The monoisotopic (exact) mass is 470 g/mol. The number of hydrogen-bond acceptors (Lipinski definition) is 5. The highest BCUT2D eigenvalue weighted by molar-refractivity contribution is 6.31. The molecule has 2 aromatic carbocycles. The van der Waals surface area contributed by atoms with Crippen molar-refractivity contribution in [2.24, 2.45) is 5.92 Å². The number of anilines is 1. The fourth-order valence-corrected chi connectivity index (χ4v) is 4.40. The van der Waals surface area contributed by atoms with Crippen LogP contribution >= 0.6 is 11.6 Å².